The van der Waals surface area contributed by atoms with E-state index in [0.29, 0.717) is 6.04 Å². The number of anilines is 1. The first kappa shape index (κ1) is 10.5. The summed E-state index contributed by atoms with van der Waals surface area (Å²) < 4.78 is 0. The summed E-state index contributed by atoms with van der Waals surface area (Å²) in [7, 11) is 2.18. The molecule has 88 valence electrons. The lowest BCUT2D eigenvalue weighted by Gasteiger charge is -2.26. The van der Waals surface area contributed by atoms with Crippen LogP contribution in [0.25, 0.3) is 10.9 Å². The van der Waals surface area contributed by atoms with Crippen molar-refractivity contribution in [3.05, 3.63) is 36.5 Å². The van der Waals surface area contributed by atoms with Crippen LogP contribution in [-0.2, 0) is 0 Å². The maximum atomic E-state index is 4.35. The topological polar surface area (TPSA) is 28.2 Å². The van der Waals surface area contributed by atoms with Gasteiger partial charge in [-0.25, -0.2) is 0 Å². The molecule has 3 rings (SSSR count). The van der Waals surface area contributed by atoms with Gasteiger partial charge >= 0.3 is 0 Å². The quantitative estimate of drug-likeness (QED) is 0.851. The van der Waals surface area contributed by atoms with E-state index in [9.17, 15) is 0 Å². The number of nitrogens with one attached hydrogen (secondary N) is 1. The second-order valence-electron chi connectivity index (χ2n) is 4.64. The Balaban J connectivity index is 1.94. The molecule has 0 bridgehead atoms. The Morgan fingerprint density at radius 2 is 2.29 bits per heavy atom. The molecule has 3 nitrogen and oxygen atoms in total. The van der Waals surface area contributed by atoms with Crippen LogP contribution < -0.4 is 10.2 Å². The Morgan fingerprint density at radius 3 is 3.12 bits per heavy atom. The van der Waals surface area contributed by atoms with Crippen molar-refractivity contribution >= 4 is 16.6 Å². The molecule has 0 spiro atoms. The van der Waals surface area contributed by atoms with Gasteiger partial charge in [0.1, 0.15) is 0 Å². The molecule has 1 aromatic carbocycles. The maximum absolute atomic E-state index is 4.35. The normalized spacial score (nSPS) is 19.7. The van der Waals surface area contributed by atoms with E-state index in [0.717, 1.165) is 18.6 Å². The van der Waals surface area contributed by atoms with Crippen molar-refractivity contribution < 1.29 is 0 Å². The molecular formula is C14H17N3. The van der Waals surface area contributed by atoms with E-state index < -0.39 is 0 Å². The van der Waals surface area contributed by atoms with Crippen molar-refractivity contribution in [2.75, 3.05) is 25.0 Å². The monoisotopic (exact) mass is 227 g/mol. The van der Waals surface area contributed by atoms with Crippen LogP contribution in [0.4, 0.5) is 5.69 Å². The predicted molar refractivity (Wildman–Crippen MR) is 71.4 cm³/mol. The Kier molecular flexibility index (Phi) is 2.69. The Labute approximate surface area is 101 Å². The van der Waals surface area contributed by atoms with Crippen molar-refractivity contribution in [2.24, 2.45) is 0 Å². The molecule has 0 amide bonds. The number of hydrogen-bond donors (Lipinski definition) is 1. The molecule has 1 saturated heterocycles. The van der Waals surface area contributed by atoms with E-state index in [-0.39, 0.29) is 0 Å². The highest BCUT2D eigenvalue weighted by Gasteiger charge is 2.19. The average molecular weight is 227 g/mol. The van der Waals surface area contributed by atoms with Crippen LogP contribution in [0.15, 0.2) is 36.5 Å². The Hall–Kier alpha value is -1.61. The fraction of sp³-hybridized carbons (Fsp3) is 0.357. The zero-order valence-corrected chi connectivity index (χ0v) is 10.1. The second kappa shape index (κ2) is 4.34. The first-order valence-electron chi connectivity index (χ1n) is 6.13. The summed E-state index contributed by atoms with van der Waals surface area (Å²) in [6.45, 7) is 2.21. The van der Waals surface area contributed by atoms with Crippen LogP contribution in [0, 0.1) is 0 Å². The molecule has 17 heavy (non-hydrogen) atoms. The van der Waals surface area contributed by atoms with Gasteiger partial charge in [-0.2, -0.15) is 0 Å². The third-order valence-corrected chi connectivity index (χ3v) is 3.58. The molecule has 0 aliphatic carbocycles. The lowest BCUT2D eigenvalue weighted by atomic mass is 10.1. The van der Waals surface area contributed by atoms with Gasteiger partial charge < -0.3 is 10.2 Å². The first-order valence-corrected chi connectivity index (χ1v) is 6.13. The van der Waals surface area contributed by atoms with Crippen LogP contribution in [0.3, 0.4) is 0 Å². The second-order valence-corrected chi connectivity index (χ2v) is 4.64. The molecule has 2 aromatic rings. The number of aromatic nitrogens is 1. The lowest BCUT2D eigenvalue weighted by molar-refractivity contribution is 0.686. The third-order valence-electron chi connectivity index (χ3n) is 3.58. The van der Waals surface area contributed by atoms with Crippen LogP contribution >= 0.6 is 0 Å². The van der Waals surface area contributed by atoms with Gasteiger partial charge in [-0.15, -0.1) is 0 Å². The minimum atomic E-state index is 0.615. The zero-order valence-electron chi connectivity index (χ0n) is 10.1. The van der Waals surface area contributed by atoms with Gasteiger partial charge in [0.25, 0.3) is 0 Å². The lowest BCUT2D eigenvalue weighted by Crippen LogP contribution is -2.33. The van der Waals surface area contributed by atoms with E-state index in [2.05, 4.69) is 46.5 Å². The molecular weight excluding hydrogens is 210 g/mol. The third kappa shape index (κ3) is 1.98. The van der Waals surface area contributed by atoms with E-state index >= 15 is 0 Å². The molecule has 0 unspecified atom stereocenters. The SMILES string of the molecule is CN(c1ccc2ncccc2c1)[C@H]1CCNC1. The van der Waals surface area contributed by atoms with Gasteiger partial charge in [0, 0.05) is 36.9 Å². The largest absolute Gasteiger partial charge is 0.370 e. The van der Waals surface area contributed by atoms with Crippen molar-refractivity contribution in [3.63, 3.8) is 0 Å². The van der Waals surface area contributed by atoms with Gasteiger partial charge in [-0.3, -0.25) is 4.98 Å². The van der Waals surface area contributed by atoms with Crippen LogP contribution in [-0.4, -0.2) is 31.2 Å². The van der Waals surface area contributed by atoms with E-state index in [1.54, 1.807) is 0 Å². The number of likely N-dealkylation sites (N-methyl/N-ethyl adjacent to an activating group) is 1. The molecule has 1 fully saturated rings. The van der Waals surface area contributed by atoms with Gasteiger partial charge in [0.2, 0.25) is 0 Å². The highest BCUT2D eigenvalue weighted by atomic mass is 15.2. The van der Waals surface area contributed by atoms with Gasteiger partial charge in [-0.1, -0.05) is 6.07 Å². The van der Waals surface area contributed by atoms with E-state index in [4.69, 9.17) is 0 Å². The van der Waals surface area contributed by atoms with Gasteiger partial charge in [-0.05, 0) is 37.2 Å². The number of hydrogen-bond acceptors (Lipinski definition) is 3. The molecule has 3 heteroatoms. The summed E-state index contributed by atoms with van der Waals surface area (Å²) in [5.74, 6) is 0. The highest BCUT2D eigenvalue weighted by Crippen LogP contribution is 2.22. The van der Waals surface area contributed by atoms with E-state index in [1.165, 1.54) is 17.5 Å². The Morgan fingerprint density at radius 1 is 1.35 bits per heavy atom. The molecule has 1 aromatic heterocycles. The van der Waals surface area contributed by atoms with Crippen molar-refractivity contribution in [3.8, 4) is 0 Å². The standard InChI is InChI=1S/C14H17N3/c1-17(13-6-8-15-10-13)12-4-5-14-11(9-12)3-2-7-16-14/h2-5,7,9,13,15H,6,8,10H2,1H3/t13-/m0/s1. The highest BCUT2D eigenvalue weighted by molar-refractivity contribution is 5.82. The number of rotatable bonds is 2. The molecule has 1 N–H and O–H groups in total. The summed E-state index contributed by atoms with van der Waals surface area (Å²) in [6.07, 6.45) is 3.06. The summed E-state index contributed by atoms with van der Waals surface area (Å²) in [5, 5.41) is 4.62. The van der Waals surface area contributed by atoms with Gasteiger partial charge in [0.05, 0.1) is 5.52 Å². The summed E-state index contributed by atoms with van der Waals surface area (Å²) >= 11 is 0. The molecule has 0 radical (unpaired) electrons. The van der Waals surface area contributed by atoms with Crippen LogP contribution in [0.2, 0.25) is 0 Å². The Bertz CT molecular complexity index is 518. The van der Waals surface area contributed by atoms with Crippen LogP contribution in [0.1, 0.15) is 6.42 Å². The zero-order chi connectivity index (χ0) is 11.7. The molecule has 0 saturated carbocycles. The first-order chi connectivity index (χ1) is 8.34. The van der Waals surface area contributed by atoms with Crippen molar-refractivity contribution in [1.29, 1.82) is 0 Å². The predicted octanol–water partition coefficient (Wildman–Crippen LogP) is 2.03. The smallest absolute Gasteiger partial charge is 0.0703 e. The minimum Gasteiger partial charge on any atom is -0.370 e. The number of nitrogens with zero attached hydrogens (tertiary/aromatic N) is 2. The summed E-state index contributed by atoms with van der Waals surface area (Å²) in [5.41, 5.74) is 2.34. The van der Waals surface area contributed by atoms with Crippen LogP contribution in [0.5, 0.6) is 0 Å². The van der Waals surface area contributed by atoms with Crippen molar-refractivity contribution in [1.82, 2.24) is 10.3 Å². The molecule has 2 heterocycles. The summed E-state index contributed by atoms with van der Waals surface area (Å²) in [6, 6.07) is 11.2. The average Bonchev–Trinajstić information content (AvgIpc) is 2.91. The summed E-state index contributed by atoms with van der Waals surface area (Å²) in [4.78, 5) is 6.72. The molecule has 1 aliphatic heterocycles. The van der Waals surface area contributed by atoms with Gasteiger partial charge in [0.15, 0.2) is 0 Å². The maximum Gasteiger partial charge on any atom is 0.0703 e. The number of pyridine rings is 1. The fourth-order valence-corrected chi connectivity index (χ4v) is 2.46. The number of fused-ring (bicyclic) bond motifs is 1. The fourth-order valence-electron chi connectivity index (χ4n) is 2.46. The van der Waals surface area contributed by atoms with E-state index in [1.807, 2.05) is 12.3 Å². The molecule has 1 atom stereocenters. The minimum absolute atomic E-state index is 0.615. The molecule has 1 aliphatic rings. The number of benzene rings is 1. The van der Waals surface area contributed by atoms with Crippen molar-refractivity contribution in [2.45, 2.75) is 12.5 Å².